The highest BCUT2D eigenvalue weighted by Gasteiger charge is 2.29. The molecule has 0 aromatic carbocycles. The van der Waals surface area contributed by atoms with Gasteiger partial charge in [-0.25, -0.2) is 4.98 Å². The number of aryl methyl sites for hydroxylation is 1. The van der Waals surface area contributed by atoms with E-state index in [-0.39, 0.29) is 5.56 Å². The van der Waals surface area contributed by atoms with Crippen LogP contribution in [0.2, 0.25) is 0 Å². The molecule has 3 rings (SSSR count). The Bertz CT molecular complexity index is 642. The van der Waals surface area contributed by atoms with Crippen LogP contribution >= 0.6 is 15.9 Å². The van der Waals surface area contributed by atoms with Crippen LogP contribution in [0.3, 0.4) is 0 Å². The van der Waals surface area contributed by atoms with E-state index in [9.17, 15) is 4.79 Å². The molecular formula is C12H13BrN4O. The number of nitrogens with one attached hydrogen (secondary N) is 1. The summed E-state index contributed by atoms with van der Waals surface area (Å²) >= 11 is 3.32. The predicted octanol–water partition coefficient (Wildman–Crippen LogP) is 2.29. The zero-order valence-corrected chi connectivity index (χ0v) is 11.6. The Morgan fingerprint density at radius 2 is 2.33 bits per heavy atom. The van der Waals surface area contributed by atoms with Gasteiger partial charge in [0.25, 0.3) is 5.56 Å². The lowest BCUT2D eigenvalue weighted by Gasteiger charge is -2.03. The largest absolute Gasteiger partial charge is 0.305 e. The molecule has 0 aliphatic heterocycles. The fraction of sp³-hybridized carbons (Fsp3) is 0.417. The normalized spacial score (nSPS) is 15.0. The molecule has 5 nitrogen and oxygen atoms in total. The third kappa shape index (κ3) is 2.01. The van der Waals surface area contributed by atoms with E-state index in [4.69, 9.17) is 0 Å². The maximum absolute atomic E-state index is 11.9. The number of aromatic amines is 1. The van der Waals surface area contributed by atoms with Gasteiger partial charge in [-0.2, -0.15) is 5.10 Å². The van der Waals surface area contributed by atoms with E-state index in [2.05, 4.69) is 31.0 Å². The molecular weight excluding hydrogens is 296 g/mol. The van der Waals surface area contributed by atoms with E-state index >= 15 is 0 Å². The van der Waals surface area contributed by atoms with Gasteiger partial charge in [-0.05, 0) is 35.7 Å². The molecule has 0 atom stereocenters. The second-order valence-electron chi connectivity index (χ2n) is 4.47. The first-order valence-corrected chi connectivity index (χ1v) is 6.81. The van der Waals surface area contributed by atoms with Crippen molar-refractivity contribution in [2.45, 2.75) is 32.2 Å². The average molecular weight is 309 g/mol. The van der Waals surface area contributed by atoms with Crippen LogP contribution < -0.4 is 5.56 Å². The molecule has 0 amide bonds. The lowest BCUT2D eigenvalue weighted by Crippen LogP contribution is -2.13. The van der Waals surface area contributed by atoms with Crippen molar-refractivity contribution in [1.29, 1.82) is 0 Å². The SMILES string of the molecule is CCn1cc(-c2nc(C3CC3)c(Br)c(=O)[nH]2)cn1. The van der Waals surface area contributed by atoms with Crippen molar-refractivity contribution in [2.75, 3.05) is 0 Å². The highest BCUT2D eigenvalue weighted by Crippen LogP contribution is 2.41. The highest BCUT2D eigenvalue weighted by atomic mass is 79.9. The Labute approximate surface area is 112 Å². The quantitative estimate of drug-likeness (QED) is 0.946. The summed E-state index contributed by atoms with van der Waals surface area (Å²) in [6, 6.07) is 0. The minimum Gasteiger partial charge on any atom is -0.305 e. The lowest BCUT2D eigenvalue weighted by molar-refractivity contribution is 0.660. The Balaban J connectivity index is 2.09. The van der Waals surface area contributed by atoms with Gasteiger partial charge in [-0.15, -0.1) is 0 Å². The van der Waals surface area contributed by atoms with Crippen LogP contribution in [0, 0.1) is 0 Å². The van der Waals surface area contributed by atoms with Gasteiger partial charge in [0.15, 0.2) is 0 Å². The molecule has 1 fully saturated rings. The molecule has 1 aliphatic rings. The first-order valence-electron chi connectivity index (χ1n) is 6.01. The van der Waals surface area contributed by atoms with Gasteiger partial charge < -0.3 is 4.98 Å². The summed E-state index contributed by atoms with van der Waals surface area (Å²) in [6.45, 7) is 2.82. The van der Waals surface area contributed by atoms with E-state index in [0.29, 0.717) is 16.2 Å². The molecule has 1 saturated carbocycles. The number of nitrogens with zero attached hydrogens (tertiary/aromatic N) is 3. The van der Waals surface area contributed by atoms with E-state index in [1.54, 1.807) is 6.20 Å². The summed E-state index contributed by atoms with van der Waals surface area (Å²) < 4.78 is 2.38. The van der Waals surface area contributed by atoms with Gasteiger partial charge in [-0.1, -0.05) is 0 Å². The summed E-state index contributed by atoms with van der Waals surface area (Å²) in [5, 5.41) is 4.20. The number of rotatable bonds is 3. The van der Waals surface area contributed by atoms with Crippen LogP contribution in [0.4, 0.5) is 0 Å². The lowest BCUT2D eigenvalue weighted by atomic mass is 10.2. The minimum absolute atomic E-state index is 0.119. The molecule has 0 spiro atoms. The molecule has 0 saturated heterocycles. The Morgan fingerprint density at radius 1 is 1.56 bits per heavy atom. The van der Waals surface area contributed by atoms with Crippen molar-refractivity contribution < 1.29 is 0 Å². The zero-order chi connectivity index (χ0) is 12.7. The number of hydrogen-bond donors (Lipinski definition) is 1. The molecule has 6 heteroatoms. The van der Waals surface area contributed by atoms with Gasteiger partial charge in [0.05, 0.1) is 17.5 Å². The molecule has 94 valence electrons. The Hall–Kier alpha value is -1.43. The fourth-order valence-corrected chi connectivity index (χ4v) is 2.41. The zero-order valence-electron chi connectivity index (χ0n) is 9.98. The molecule has 18 heavy (non-hydrogen) atoms. The van der Waals surface area contributed by atoms with Crippen LogP contribution in [0.25, 0.3) is 11.4 Å². The number of hydrogen-bond acceptors (Lipinski definition) is 3. The van der Waals surface area contributed by atoms with Crippen molar-refractivity contribution in [2.24, 2.45) is 0 Å². The third-order valence-corrected chi connectivity index (χ3v) is 3.85. The van der Waals surface area contributed by atoms with Gasteiger partial charge in [-0.3, -0.25) is 9.48 Å². The van der Waals surface area contributed by atoms with E-state index in [1.807, 2.05) is 17.8 Å². The number of H-pyrrole nitrogens is 1. The van der Waals surface area contributed by atoms with E-state index in [1.165, 1.54) is 0 Å². The van der Waals surface area contributed by atoms with Gasteiger partial charge in [0, 0.05) is 18.7 Å². The van der Waals surface area contributed by atoms with Crippen LogP contribution in [0.15, 0.2) is 21.7 Å². The minimum atomic E-state index is -0.119. The van der Waals surface area contributed by atoms with Crippen molar-refractivity contribution in [3.8, 4) is 11.4 Å². The summed E-state index contributed by atoms with van der Waals surface area (Å²) in [5.41, 5.74) is 1.60. The third-order valence-electron chi connectivity index (χ3n) is 3.08. The van der Waals surface area contributed by atoms with Crippen molar-refractivity contribution in [3.63, 3.8) is 0 Å². The van der Waals surface area contributed by atoms with Crippen molar-refractivity contribution in [3.05, 3.63) is 32.9 Å². The molecule has 0 radical (unpaired) electrons. The second-order valence-corrected chi connectivity index (χ2v) is 5.27. The van der Waals surface area contributed by atoms with Crippen molar-refractivity contribution in [1.82, 2.24) is 19.7 Å². The molecule has 2 heterocycles. The standard InChI is InChI=1S/C12H13BrN4O/c1-2-17-6-8(5-14-17)11-15-10(7-3-4-7)9(13)12(18)16-11/h5-7H,2-4H2,1H3,(H,15,16,18). The highest BCUT2D eigenvalue weighted by molar-refractivity contribution is 9.10. The van der Waals surface area contributed by atoms with E-state index < -0.39 is 0 Å². The second kappa shape index (κ2) is 4.35. The molecule has 0 unspecified atom stereocenters. The van der Waals surface area contributed by atoms with Gasteiger partial charge >= 0.3 is 0 Å². The maximum Gasteiger partial charge on any atom is 0.265 e. The van der Waals surface area contributed by atoms with E-state index in [0.717, 1.165) is 30.6 Å². The summed E-state index contributed by atoms with van der Waals surface area (Å²) in [5.74, 6) is 1.03. The number of halogens is 1. The van der Waals surface area contributed by atoms with Gasteiger partial charge in [0.2, 0.25) is 0 Å². The van der Waals surface area contributed by atoms with Crippen LogP contribution in [-0.2, 0) is 6.54 Å². The Kier molecular flexibility index (Phi) is 2.81. The summed E-state index contributed by atoms with van der Waals surface area (Å²) in [7, 11) is 0. The monoisotopic (exact) mass is 308 g/mol. The molecule has 0 bridgehead atoms. The van der Waals surface area contributed by atoms with Gasteiger partial charge in [0.1, 0.15) is 10.3 Å². The fourth-order valence-electron chi connectivity index (χ4n) is 1.90. The number of aromatic nitrogens is 4. The van der Waals surface area contributed by atoms with Crippen LogP contribution in [0.5, 0.6) is 0 Å². The van der Waals surface area contributed by atoms with Crippen LogP contribution in [-0.4, -0.2) is 19.7 Å². The molecule has 2 aromatic heterocycles. The van der Waals surface area contributed by atoms with Crippen LogP contribution in [0.1, 0.15) is 31.4 Å². The molecule has 1 N–H and O–H groups in total. The smallest absolute Gasteiger partial charge is 0.265 e. The average Bonchev–Trinajstić information content (AvgIpc) is 3.09. The Morgan fingerprint density at radius 3 is 2.94 bits per heavy atom. The summed E-state index contributed by atoms with van der Waals surface area (Å²) in [4.78, 5) is 19.2. The van der Waals surface area contributed by atoms with Crippen molar-refractivity contribution >= 4 is 15.9 Å². The molecule has 2 aromatic rings. The first-order chi connectivity index (χ1) is 8.69. The topological polar surface area (TPSA) is 63.6 Å². The summed E-state index contributed by atoms with van der Waals surface area (Å²) in [6.07, 6.45) is 5.85. The maximum atomic E-state index is 11.9. The first kappa shape index (κ1) is 11.6. The predicted molar refractivity (Wildman–Crippen MR) is 71.4 cm³/mol. The molecule has 1 aliphatic carbocycles.